The van der Waals surface area contributed by atoms with Crippen molar-refractivity contribution in [3.63, 3.8) is 0 Å². The fraction of sp³-hybridized carbons (Fsp3) is 0.545. The van der Waals surface area contributed by atoms with Crippen molar-refractivity contribution in [2.24, 2.45) is 11.7 Å². The van der Waals surface area contributed by atoms with Crippen LogP contribution in [0, 0.1) is 11.7 Å². The maximum Gasteiger partial charge on any atom is 0.341 e. The van der Waals surface area contributed by atoms with E-state index in [1.165, 1.54) is 11.7 Å². The zero-order chi connectivity index (χ0) is 23.9. The second-order valence-electron chi connectivity index (χ2n) is 9.41. The Balaban J connectivity index is 1.62. The molecule has 2 aromatic rings. The van der Waals surface area contributed by atoms with E-state index in [0.29, 0.717) is 13.0 Å². The monoisotopic (exact) mass is 469 g/mol. The van der Waals surface area contributed by atoms with Gasteiger partial charge in [0, 0.05) is 44.1 Å². The zero-order valence-electron chi connectivity index (χ0n) is 17.8. The van der Waals surface area contributed by atoms with E-state index in [0.717, 1.165) is 12.3 Å². The average molecular weight is 469 g/mol. The van der Waals surface area contributed by atoms with Crippen LogP contribution in [0.3, 0.4) is 0 Å². The molecule has 2 saturated carbocycles. The molecular weight excluding hydrogens is 446 g/mol. The van der Waals surface area contributed by atoms with Gasteiger partial charge in [0.1, 0.15) is 17.4 Å². The molecule has 3 N–H and O–H groups in total. The number of hydrogen-bond acceptors (Lipinski definition) is 5. The second kappa shape index (κ2) is 7.09. The van der Waals surface area contributed by atoms with Gasteiger partial charge in [-0.25, -0.2) is 22.4 Å². The Kier molecular flexibility index (Phi) is 4.72. The van der Waals surface area contributed by atoms with Crippen molar-refractivity contribution in [1.29, 1.82) is 0 Å². The van der Waals surface area contributed by atoms with Crippen molar-refractivity contribution in [3.8, 4) is 5.75 Å². The molecule has 3 fully saturated rings. The van der Waals surface area contributed by atoms with Crippen LogP contribution < -0.4 is 20.8 Å². The number of carbonyl (C=O) groups is 1. The van der Waals surface area contributed by atoms with Crippen molar-refractivity contribution in [1.82, 2.24) is 4.57 Å². The molecule has 7 nitrogen and oxygen atoms in total. The van der Waals surface area contributed by atoms with Gasteiger partial charge in [-0.1, -0.05) is 0 Å². The number of aromatic carboxylic acids is 1. The van der Waals surface area contributed by atoms with Gasteiger partial charge in [-0.15, -0.1) is 0 Å². The minimum atomic E-state index is -2.79. The summed E-state index contributed by atoms with van der Waals surface area (Å²) >= 11 is 0. The number of anilines is 1. The number of fused-ring (bicyclic) bond motifs is 1. The van der Waals surface area contributed by atoms with Crippen LogP contribution in [0.15, 0.2) is 17.1 Å². The van der Waals surface area contributed by atoms with Gasteiger partial charge >= 0.3 is 5.97 Å². The Morgan fingerprint density at radius 2 is 2.00 bits per heavy atom. The number of nitrogens with two attached hydrogens (primary N) is 1. The molecule has 178 valence electrons. The summed E-state index contributed by atoms with van der Waals surface area (Å²) in [5.41, 5.74) is 3.81. The predicted molar refractivity (Wildman–Crippen MR) is 112 cm³/mol. The predicted octanol–water partition coefficient (Wildman–Crippen LogP) is 3.08. The standard InChI is InChI=1S/C22H23F4N3O4/c1-33-19-16-11(18(30)12(20(31)32)7-29(16)15-5-13(15)23)4-14(24)17(19)28-3-2-10(6-28)21(27)8-22(25,26)9-21/h4,7,10,13,15H,2-3,5-6,8-9,27H2,1H3,(H,31,32). The van der Waals surface area contributed by atoms with E-state index in [-0.39, 0.29) is 41.2 Å². The molecule has 1 saturated heterocycles. The number of carboxylic acids is 1. The highest BCUT2D eigenvalue weighted by Gasteiger charge is 2.58. The van der Waals surface area contributed by atoms with Crippen molar-refractivity contribution in [3.05, 3.63) is 33.9 Å². The van der Waals surface area contributed by atoms with Crippen molar-refractivity contribution >= 4 is 22.6 Å². The number of alkyl halides is 3. The molecular formula is C22H23F4N3O4. The van der Waals surface area contributed by atoms with Gasteiger partial charge in [0.25, 0.3) is 5.92 Å². The largest absolute Gasteiger partial charge is 0.492 e. The van der Waals surface area contributed by atoms with Crippen molar-refractivity contribution in [2.45, 2.75) is 49.4 Å². The number of hydrogen-bond donors (Lipinski definition) is 2. The van der Waals surface area contributed by atoms with Gasteiger partial charge in [0.2, 0.25) is 5.43 Å². The quantitative estimate of drug-likeness (QED) is 0.654. The molecule has 0 amide bonds. The fourth-order valence-electron chi connectivity index (χ4n) is 5.42. The summed E-state index contributed by atoms with van der Waals surface area (Å²) in [6.07, 6.45) is -0.404. The summed E-state index contributed by atoms with van der Waals surface area (Å²) in [7, 11) is 1.28. The first-order chi connectivity index (χ1) is 15.5. The number of methoxy groups -OCH3 is 1. The van der Waals surface area contributed by atoms with E-state index < -0.39 is 59.3 Å². The number of rotatable bonds is 5. The summed E-state index contributed by atoms with van der Waals surface area (Å²) in [5, 5.41) is 9.18. The Morgan fingerprint density at radius 1 is 1.33 bits per heavy atom. The molecule has 0 spiro atoms. The topological polar surface area (TPSA) is 97.8 Å². The molecule has 2 heterocycles. The van der Waals surface area contributed by atoms with E-state index in [9.17, 15) is 27.9 Å². The Hall–Kier alpha value is -2.82. The van der Waals surface area contributed by atoms with E-state index in [1.807, 2.05) is 0 Å². The van der Waals surface area contributed by atoms with Crippen LogP contribution in [0.1, 0.15) is 42.1 Å². The first kappa shape index (κ1) is 22.0. The van der Waals surface area contributed by atoms with Gasteiger partial charge in [-0.3, -0.25) is 4.79 Å². The smallest absolute Gasteiger partial charge is 0.341 e. The number of halogens is 4. The first-order valence-corrected chi connectivity index (χ1v) is 10.7. The van der Waals surface area contributed by atoms with Gasteiger partial charge in [0.05, 0.1) is 24.1 Å². The van der Waals surface area contributed by atoms with Gasteiger partial charge < -0.3 is 25.0 Å². The Morgan fingerprint density at radius 3 is 2.55 bits per heavy atom. The van der Waals surface area contributed by atoms with Crippen LogP contribution in [0.25, 0.3) is 10.9 Å². The molecule has 11 heteroatoms. The highest BCUT2D eigenvalue weighted by Crippen LogP contribution is 2.51. The fourth-order valence-corrected chi connectivity index (χ4v) is 5.42. The molecule has 0 radical (unpaired) electrons. The van der Waals surface area contributed by atoms with Crippen LogP contribution in [0.2, 0.25) is 0 Å². The first-order valence-electron chi connectivity index (χ1n) is 10.7. The molecule has 33 heavy (non-hydrogen) atoms. The van der Waals surface area contributed by atoms with Gasteiger partial charge in [0.15, 0.2) is 11.6 Å². The number of ether oxygens (including phenoxy) is 1. The van der Waals surface area contributed by atoms with Crippen molar-refractivity contribution in [2.75, 3.05) is 25.1 Å². The van der Waals surface area contributed by atoms with E-state index >= 15 is 4.39 Å². The summed E-state index contributed by atoms with van der Waals surface area (Å²) in [5.74, 6) is -5.41. The van der Waals surface area contributed by atoms with Crippen LogP contribution in [0.5, 0.6) is 5.75 Å². The molecule has 1 aliphatic heterocycles. The lowest BCUT2D eigenvalue weighted by atomic mass is 9.66. The molecule has 3 atom stereocenters. The summed E-state index contributed by atoms with van der Waals surface area (Å²) in [6, 6.07) is 0.242. The molecule has 1 aromatic heterocycles. The van der Waals surface area contributed by atoms with E-state index in [4.69, 9.17) is 10.5 Å². The molecule has 3 unspecified atom stereocenters. The number of aromatic nitrogens is 1. The minimum absolute atomic E-state index is 0.0227. The van der Waals surface area contributed by atoms with Crippen LogP contribution in [-0.2, 0) is 0 Å². The zero-order valence-corrected chi connectivity index (χ0v) is 17.8. The molecule has 5 rings (SSSR count). The van der Waals surface area contributed by atoms with Crippen molar-refractivity contribution < 1.29 is 32.2 Å². The summed E-state index contributed by atoms with van der Waals surface area (Å²) < 4.78 is 63.1. The molecule has 2 aliphatic carbocycles. The third-order valence-electron chi connectivity index (χ3n) is 7.16. The average Bonchev–Trinajstić information content (AvgIpc) is 3.22. The number of pyridine rings is 1. The van der Waals surface area contributed by atoms with E-state index in [1.54, 1.807) is 4.90 Å². The number of benzene rings is 1. The van der Waals surface area contributed by atoms with Crippen LogP contribution in [0.4, 0.5) is 23.2 Å². The highest BCUT2D eigenvalue weighted by molar-refractivity contribution is 5.97. The Bertz CT molecular complexity index is 1220. The maximum atomic E-state index is 15.4. The molecule has 1 aromatic carbocycles. The third-order valence-corrected chi connectivity index (χ3v) is 7.16. The van der Waals surface area contributed by atoms with Crippen LogP contribution >= 0.6 is 0 Å². The SMILES string of the molecule is COc1c(N2CCC(C3(N)CC(F)(F)C3)C2)c(F)cc2c(=O)c(C(=O)O)cn(C3CC3F)c12. The molecule has 3 aliphatic rings. The minimum Gasteiger partial charge on any atom is -0.492 e. The third kappa shape index (κ3) is 3.35. The second-order valence-corrected chi connectivity index (χ2v) is 9.41. The lowest BCUT2D eigenvalue weighted by Crippen LogP contribution is -2.63. The lowest BCUT2D eigenvalue weighted by Gasteiger charge is -2.48. The Labute approximate surface area is 185 Å². The summed E-state index contributed by atoms with van der Waals surface area (Å²) in [4.78, 5) is 26.0. The normalized spacial score (nSPS) is 27.5. The lowest BCUT2D eigenvalue weighted by molar-refractivity contribution is -0.136. The van der Waals surface area contributed by atoms with E-state index in [2.05, 4.69) is 0 Å². The number of carboxylic acid groups (broad SMARTS) is 1. The van der Waals surface area contributed by atoms with Crippen LogP contribution in [-0.4, -0.2) is 53.5 Å². The molecule has 0 bridgehead atoms. The number of nitrogens with zero attached hydrogens (tertiary/aromatic N) is 2. The van der Waals surface area contributed by atoms with Gasteiger partial charge in [-0.05, 0) is 18.4 Å². The summed E-state index contributed by atoms with van der Waals surface area (Å²) in [6.45, 7) is 0.554. The highest BCUT2D eigenvalue weighted by atomic mass is 19.3. The maximum absolute atomic E-state index is 15.4. The van der Waals surface area contributed by atoms with Gasteiger partial charge in [-0.2, -0.15) is 0 Å².